The number of nitrogens with one attached hydrogen (secondary N) is 1. The van der Waals surface area contributed by atoms with Gasteiger partial charge in [-0.25, -0.2) is 4.39 Å². The van der Waals surface area contributed by atoms with Gasteiger partial charge in [0.2, 0.25) is 0 Å². The molecule has 1 unspecified atom stereocenters. The minimum atomic E-state index is -0.365. The zero-order valence-electron chi connectivity index (χ0n) is 11.1. The number of hydrogen-bond donors (Lipinski definition) is 1. The molecule has 0 radical (unpaired) electrons. The first kappa shape index (κ1) is 15.3. The lowest BCUT2D eigenvalue weighted by atomic mass is 10.1. The van der Waals surface area contributed by atoms with Crippen LogP contribution in [0.3, 0.4) is 0 Å². The van der Waals surface area contributed by atoms with E-state index in [9.17, 15) is 4.39 Å². The van der Waals surface area contributed by atoms with Gasteiger partial charge < -0.3 is 10.1 Å². The van der Waals surface area contributed by atoms with Crippen LogP contribution in [0.2, 0.25) is 0 Å². The van der Waals surface area contributed by atoms with E-state index in [-0.39, 0.29) is 17.6 Å². The van der Waals surface area contributed by atoms with Crippen molar-refractivity contribution < 1.29 is 9.13 Å². The fourth-order valence-electron chi connectivity index (χ4n) is 1.93. The third-order valence-electron chi connectivity index (χ3n) is 2.96. The summed E-state index contributed by atoms with van der Waals surface area (Å²) in [5.74, 6) is -0.132. The van der Waals surface area contributed by atoms with Crippen LogP contribution in [0.1, 0.15) is 18.5 Å². The minimum absolute atomic E-state index is 0.0765. The van der Waals surface area contributed by atoms with Gasteiger partial charge in [-0.2, -0.15) is 0 Å². The maximum atomic E-state index is 13.4. The van der Waals surface area contributed by atoms with Crippen molar-refractivity contribution in [2.75, 3.05) is 12.4 Å². The number of benzene rings is 2. The molecule has 2 aromatic carbocycles. The number of hydrogen-bond acceptors (Lipinski definition) is 2. The summed E-state index contributed by atoms with van der Waals surface area (Å²) in [5.41, 5.74) is 1.93. The minimum Gasteiger partial charge on any atom is -0.494 e. The standard InChI is InChI=1S/C15H14Br2FNO/c1-9(12-5-3-10(16)7-13(12)17)19-11-4-6-14(18)15(8-11)20-2/h3-9,19H,1-2H3. The molecule has 2 rings (SSSR count). The lowest BCUT2D eigenvalue weighted by molar-refractivity contribution is 0.387. The second kappa shape index (κ2) is 6.59. The molecule has 0 bridgehead atoms. The van der Waals surface area contributed by atoms with Gasteiger partial charge in [0, 0.05) is 26.7 Å². The van der Waals surface area contributed by atoms with E-state index in [0.717, 1.165) is 20.2 Å². The first-order valence-electron chi connectivity index (χ1n) is 6.06. The van der Waals surface area contributed by atoms with Crippen LogP contribution in [0.15, 0.2) is 45.3 Å². The van der Waals surface area contributed by atoms with Crippen molar-refractivity contribution in [1.82, 2.24) is 0 Å². The largest absolute Gasteiger partial charge is 0.494 e. The summed E-state index contributed by atoms with van der Waals surface area (Å²) in [6.07, 6.45) is 0. The normalized spacial score (nSPS) is 12.1. The molecule has 0 amide bonds. The van der Waals surface area contributed by atoms with Crippen molar-refractivity contribution >= 4 is 37.5 Å². The highest BCUT2D eigenvalue weighted by atomic mass is 79.9. The van der Waals surface area contributed by atoms with Gasteiger partial charge in [-0.3, -0.25) is 0 Å². The summed E-state index contributed by atoms with van der Waals surface area (Å²) < 4.78 is 20.4. The molecule has 1 N–H and O–H groups in total. The van der Waals surface area contributed by atoms with Gasteiger partial charge in [-0.1, -0.05) is 37.9 Å². The van der Waals surface area contributed by atoms with Crippen molar-refractivity contribution in [2.24, 2.45) is 0 Å². The van der Waals surface area contributed by atoms with Crippen LogP contribution in [-0.2, 0) is 0 Å². The number of ether oxygens (including phenoxy) is 1. The van der Waals surface area contributed by atoms with Crippen molar-refractivity contribution in [3.63, 3.8) is 0 Å². The molecular formula is C15H14Br2FNO. The average molecular weight is 403 g/mol. The Morgan fingerprint density at radius 2 is 1.90 bits per heavy atom. The second-order valence-electron chi connectivity index (χ2n) is 4.38. The third-order valence-corrected chi connectivity index (χ3v) is 4.14. The van der Waals surface area contributed by atoms with Crippen molar-refractivity contribution in [3.05, 3.63) is 56.7 Å². The maximum Gasteiger partial charge on any atom is 0.165 e. The highest BCUT2D eigenvalue weighted by Crippen LogP contribution is 2.30. The highest BCUT2D eigenvalue weighted by molar-refractivity contribution is 9.11. The van der Waals surface area contributed by atoms with E-state index in [1.54, 1.807) is 12.1 Å². The molecule has 20 heavy (non-hydrogen) atoms. The molecule has 0 heterocycles. The molecular weight excluding hydrogens is 389 g/mol. The molecule has 0 spiro atoms. The van der Waals surface area contributed by atoms with E-state index < -0.39 is 0 Å². The Bertz CT molecular complexity index is 619. The Balaban J connectivity index is 2.21. The lowest BCUT2D eigenvalue weighted by Crippen LogP contribution is -2.07. The summed E-state index contributed by atoms with van der Waals surface area (Å²) >= 11 is 6.98. The predicted octanol–water partition coefficient (Wildman–Crippen LogP) is 5.53. The summed E-state index contributed by atoms with van der Waals surface area (Å²) in [4.78, 5) is 0. The van der Waals surface area contributed by atoms with E-state index in [1.807, 2.05) is 25.1 Å². The number of methoxy groups -OCH3 is 1. The molecule has 0 aliphatic rings. The quantitative estimate of drug-likeness (QED) is 0.725. The molecule has 1 atom stereocenters. The highest BCUT2D eigenvalue weighted by Gasteiger charge is 2.11. The molecule has 106 valence electrons. The molecule has 0 saturated heterocycles. The molecule has 0 aliphatic carbocycles. The van der Waals surface area contributed by atoms with Crippen LogP contribution in [0.4, 0.5) is 10.1 Å². The van der Waals surface area contributed by atoms with Gasteiger partial charge in [-0.15, -0.1) is 0 Å². The van der Waals surface area contributed by atoms with Gasteiger partial charge in [0.05, 0.1) is 7.11 Å². The third kappa shape index (κ3) is 3.52. The Kier molecular flexibility index (Phi) is 5.05. The monoisotopic (exact) mass is 401 g/mol. The molecule has 0 aliphatic heterocycles. The SMILES string of the molecule is COc1cc(NC(C)c2ccc(Br)cc2Br)ccc1F. The topological polar surface area (TPSA) is 21.3 Å². The lowest BCUT2D eigenvalue weighted by Gasteiger charge is -2.18. The molecule has 5 heteroatoms. The molecule has 2 aromatic rings. The number of rotatable bonds is 4. The Morgan fingerprint density at radius 1 is 1.15 bits per heavy atom. The Morgan fingerprint density at radius 3 is 2.55 bits per heavy atom. The van der Waals surface area contributed by atoms with Crippen LogP contribution in [0.5, 0.6) is 5.75 Å². The summed E-state index contributed by atoms with van der Waals surface area (Å²) in [7, 11) is 1.46. The van der Waals surface area contributed by atoms with E-state index >= 15 is 0 Å². The zero-order chi connectivity index (χ0) is 14.7. The van der Waals surface area contributed by atoms with Crippen molar-refractivity contribution in [1.29, 1.82) is 0 Å². The van der Waals surface area contributed by atoms with Crippen LogP contribution in [-0.4, -0.2) is 7.11 Å². The van der Waals surface area contributed by atoms with E-state index in [0.29, 0.717) is 0 Å². The summed E-state index contributed by atoms with van der Waals surface area (Å²) in [5, 5.41) is 3.33. The van der Waals surface area contributed by atoms with Crippen molar-refractivity contribution in [2.45, 2.75) is 13.0 Å². The summed E-state index contributed by atoms with van der Waals surface area (Å²) in [6, 6.07) is 10.8. The predicted molar refractivity (Wildman–Crippen MR) is 86.8 cm³/mol. The zero-order valence-corrected chi connectivity index (χ0v) is 14.3. The number of halogens is 3. The van der Waals surface area contributed by atoms with Gasteiger partial charge in [-0.05, 0) is 36.8 Å². The van der Waals surface area contributed by atoms with Crippen LogP contribution in [0, 0.1) is 5.82 Å². The van der Waals surface area contributed by atoms with Crippen LogP contribution < -0.4 is 10.1 Å². The maximum absolute atomic E-state index is 13.4. The molecule has 0 aromatic heterocycles. The van der Waals surface area contributed by atoms with Crippen LogP contribution in [0.25, 0.3) is 0 Å². The smallest absolute Gasteiger partial charge is 0.165 e. The van der Waals surface area contributed by atoms with E-state index in [1.165, 1.54) is 13.2 Å². The second-order valence-corrected chi connectivity index (χ2v) is 6.15. The van der Waals surface area contributed by atoms with E-state index in [2.05, 4.69) is 37.2 Å². The van der Waals surface area contributed by atoms with Crippen LogP contribution >= 0.6 is 31.9 Å². The van der Waals surface area contributed by atoms with Gasteiger partial charge >= 0.3 is 0 Å². The molecule has 0 saturated carbocycles. The molecule has 2 nitrogen and oxygen atoms in total. The summed E-state index contributed by atoms with van der Waals surface area (Å²) in [6.45, 7) is 2.05. The first-order valence-corrected chi connectivity index (χ1v) is 7.65. The van der Waals surface area contributed by atoms with Gasteiger partial charge in [0.1, 0.15) is 0 Å². The number of anilines is 1. The average Bonchev–Trinajstić information content (AvgIpc) is 2.40. The fraction of sp³-hybridized carbons (Fsp3) is 0.200. The Hall–Kier alpha value is -1.07. The Labute approximate surface area is 134 Å². The first-order chi connectivity index (χ1) is 9.51. The van der Waals surface area contributed by atoms with Gasteiger partial charge in [0.25, 0.3) is 0 Å². The van der Waals surface area contributed by atoms with E-state index in [4.69, 9.17) is 4.74 Å². The van der Waals surface area contributed by atoms with Crippen molar-refractivity contribution in [3.8, 4) is 5.75 Å². The van der Waals surface area contributed by atoms with Gasteiger partial charge in [0.15, 0.2) is 11.6 Å². The molecule has 0 fully saturated rings. The fourth-order valence-corrected chi connectivity index (χ4v) is 3.32.